The standard InChI is InChI=1S/C17H27N/c1-5-10-18-12-17(11-14(17)4)16-8-6-15(7-9-16)13(2)3/h6-9,13-14,18H,5,10-12H2,1-4H3. The van der Waals surface area contributed by atoms with E-state index in [0.717, 1.165) is 19.0 Å². The van der Waals surface area contributed by atoms with Gasteiger partial charge in [0.25, 0.3) is 0 Å². The summed E-state index contributed by atoms with van der Waals surface area (Å²) in [7, 11) is 0. The number of hydrogen-bond donors (Lipinski definition) is 1. The first-order valence-corrected chi connectivity index (χ1v) is 7.41. The zero-order chi connectivity index (χ0) is 13.2. The molecule has 1 aromatic carbocycles. The fraction of sp³-hybridized carbons (Fsp3) is 0.647. The molecule has 1 aliphatic rings. The Morgan fingerprint density at radius 1 is 1.28 bits per heavy atom. The zero-order valence-corrected chi connectivity index (χ0v) is 12.3. The van der Waals surface area contributed by atoms with Gasteiger partial charge in [0.05, 0.1) is 0 Å². The highest BCUT2D eigenvalue weighted by Gasteiger charge is 2.51. The molecule has 0 spiro atoms. The van der Waals surface area contributed by atoms with Gasteiger partial charge in [-0.2, -0.15) is 0 Å². The molecule has 0 bridgehead atoms. The van der Waals surface area contributed by atoms with E-state index in [1.807, 2.05) is 0 Å². The summed E-state index contributed by atoms with van der Waals surface area (Å²) in [6, 6.07) is 9.33. The van der Waals surface area contributed by atoms with Crippen LogP contribution in [-0.2, 0) is 5.41 Å². The molecule has 0 saturated heterocycles. The Balaban J connectivity index is 2.08. The van der Waals surface area contributed by atoms with E-state index in [2.05, 4.69) is 57.3 Å². The van der Waals surface area contributed by atoms with Gasteiger partial charge in [0.1, 0.15) is 0 Å². The zero-order valence-electron chi connectivity index (χ0n) is 12.3. The quantitative estimate of drug-likeness (QED) is 0.744. The molecule has 0 radical (unpaired) electrons. The summed E-state index contributed by atoms with van der Waals surface area (Å²) >= 11 is 0. The van der Waals surface area contributed by atoms with Crippen LogP contribution in [0.25, 0.3) is 0 Å². The number of hydrogen-bond acceptors (Lipinski definition) is 1. The molecule has 1 fully saturated rings. The Hall–Kier alpha value is -0.820. The van der Waals surface area contributed by atoms with E-state index in [0.29, 0.717) is 11.3 Å². The largest absolute Gasteiger partial charge is 0.316 e. The predicted octanol–water partition coefficient (Wildman–Crippen LogP) is 4.09. The van der Waals surface area contributed by atoms with Crippen molar-refractivity contribution in [2.45, 2.75) is 51.9 Å². The maximum Gasteiger partial charge on any atom is 0.0106 e. The average molecular weight is 245 g/mol. The molecule has 0 aromatic heterocycles. The fourth-order valence-corrected chi connectivity index (χ4v) is 2.93. The SMILES string of the molecule is CCCNCC1(c2ccc(C(C)C)cc2)CC1C. The lowest BCUT2D eigenvalue weighted by atomic mass is 9.91. The van der Waals surface area contributed by atoms with Crippen molar-refractivity contribution < 1.29 is 0 Å². The molecule has 1 nitrogen and oxygen atoms in total. The second-order valence-corrected chi connectivity index (χ2v) is 6.21. The van der Waals surface area contributed by atoms with E-state index in [-0.39, 0.29) is 0 Å². The van der Waals surface area contributed by atoms with Crippen molar-refractivity contribution >= 4 is 0 Å². The summed E-state index contributed by atoms with van der Waals surface area (Å²) in [6.07, 6.45) is 2.56. The van der Waals surface area contributed by atoms with Crippen molar-refractivity contribution in [2.24, 2.45) is 5.92 Å². The van der Waals surface area contributed by atoms with E-state index in [4.69, 9.17) is 0 Å². The van der Waals surface area contributed by atoms with Gasteiger partial charge in [-0.3, -0.25) is 0 Å². The molecule has 1 heteroatoms. The van der Waals surface area contributed by atoms with Crippen molar-refractivity contribution in [3.8, 4) is 0 Å². The Bertz CT molecular complexity index is 379. The minimum atomic E-state index is 0.421. The predicted molar refractivity (Wildman–Crippen MR) is 79.2 cm³/mol. The minimum absolute atomic E-state index is 0.421. The van der Waals surface area contributed by atoms with Crippen LogP contribution in [0.15, 0.2) is 24.3 Å². The molecule has 1 aliphatic carbocycles. The molecule has 1 N–H and O–H groups in total. The van der Waals surface area contributed by atoms with Crippen LogP contribution in [0.1, 0.15) is 57.6 Å². The van der Waals surface area contributed by atoms with Gasteiger partial charge in [0.15, 0.2) is 0 Å². The Labute approximate surface area is 112 Å². The highest BCUT2D eigenvalue weighted by Crippen LogP contribution is 2.53. The topological polar surface area (TPSA) is 12.0 Å². The third-order valence-electron chi connectivity index (χ3n) is 4.47. The van der Waals surface area contributed by atoms with E-state index >= 15 is 0 Å². The lowest BCUT2D eigenvalue weighted by Gasteiger charge is -2.19. The van der Waals surface area contributed by atoms with Gasteiger partial charge in [-0.05, 0) is 42.3 Å². The summed E-state index contributed by atoms with van der Waals surface area (Å²) in [5, 5.41) is 3.60. The molecule has 2 rings (SSSR count). The second kappa shape index (κ2) is 5.44. The molecule has 18 heavy (non-hydrogen) atoms. The van der Waals surface area contributed by atoms with Gasteiger partial charge >= 0.3 is 0 Å². The first kappa shape index (κ1) is 13.6. The maximum absolute atomic E-state index is 3.60. The van der Waals surface area contributed by atoms with Gasteiger partial charge in [-0.15, -0.1) is 0 Å². The molecule has 1 aromatic rings. The number of rotatable bonds is 6. The Morgan fingerprint density at radius 3 is 2.33 bits per heavy atom. The lowest BCUT2D eigenvalue weighted by Crippen LogP contribution is -2.28. The molecule has 0 amide bonds. The van der Waals surface area contributed by atoms with Gasteiger partial charge in [0.2, 0.25) is 0 Å². The number of benzene rings is 1. The van der Waals surface area contributed by atoms with Crippen LogP contribution in [0.3, 0.4) is 0 Å². The summed E-state index contributed by atoms with van der Waals surface area (Å²) < 4.78 is 0. The van der Waals surface area contributed by atoms with Crippen LogP contribution in [0.5, 0.6) is 0 Å². The van der Waals surface area contributed by atoms with E-state index in [9.17, 15) is 0 Å². The van der Waals surface area contributed by atoms with Crippen LogP contribution in [0, 0.1) is 5.92 Å². The van der Waals surface area contributed by atoms with E-state index in [1.165, 1.54) is 24.0 Å². The van der Waals surface area contributed by atoms with E-state index in [1.54, 1.807) is 0 Å². The second-order valence-electron chi connectivity index (χ2n) is 6.21. The third-order valence-corrected chi connectivity index (χ3v) is 4.47. The Kier molecular flexibility index (Phi) is 4.11. The van der Waals surface area contributed by atoms with Gasteiger partial charge in [-0.25, -0.2) is 0 Å². The van der Waals surface area contributed by atoms with E-state index < -0.39 is 0 Å². The van der Waals surface area contributed by atoms with Crippen LogP contribution in [0.2, 0.25) is 0 Å². The average Bonchev–Trinajstić information content (AvgIpc) is 3.02. The normalized spacial score (nSPS) is 26.6. The van der Waals surface area contributed by atoms with Gasteiger partial charge in [0, 0.05) is 12.0 Å². The summed E-state index contributed by atoms with van der Waals surface area (Å²) in [5.41, 5.74) is 3.40. The molecular weight excluding hydrogens is 218 g/mol. The van der Waals surface area contributed by atoms with Gasteiger partial charge < -0.3 is 5.32 Å². The monoisotopic (exact) mass is 245 g/mol. The molecule has 100 valence electrons. The van der Waals surface area contributed by atoms with Crippen molar-refractivity contribution in [3.05, 3.63) is 35.4 Å². The maximum atomic E-state index is 3.60. The van der Waals surface area contributed by atoms with Crippen LogP contribution >= 0.6 is 0 Å². The van der Waals surface area contributed by atoms with Crippen LogP contribution in [-0.4, -0.2) is 13.1 Å². The van der Waals surface area contributed by atoms with Crippen LogP contribution in [0.4, 0.5) is 0 Å². The minimum Gasteiger partial charge on any atom is -0.316 e. The smallest absolute Gasteiger partial charge is 0.0106 e. The first-order valence-electron chi connectivity index (χ1n) is 7.41. The highest BCUT2D eigenvalue weighted by atomic mass is 14.9. The van der Waals surface area contributed by atoms with Crippen molar-refractivity contribution in [2.75, 3.05) is 13.1 Å². The highest BCUT2D eigenvalue weighted by molar-refractivity contribution is 5.36. The van der Waals surface area contributed by atoms with Crippen LogP contribution < -0.4 is 5.32 Å². The van der Waals surface area contributed by atoms with Crippen molar-refractivity contribution in [1.29, 1.82) is 0 Å². The van der Waals surface area contributed by atoms with Crippen molar-refractivity contribution in [3.63, 3.8) is 0 Å². The van der Waals surface area contributed by atoms with Gasteiger partial charge in [-0.1, -0.05) is 52.0 Å². The number of nitrogens with one attached hydrogen (secondary N) is 1. The molecular formula is C17H27N. The summed E-state index contributed by atoms with van der Waals surface area (Å²) in [5.74, 6) is 1.46. The molecule has 0 heterocycles. The molecule has 0 aliphatic heterocycles. The van der Waals surface area contributed by atoms with Crippen molar-refractivity contribution in [1.82, 2.24) is 5.32 Å². The summed E-state index contributed by atoms with van der Waals surface area (Å²) in [4.78, 5) is 0. The molecule has 1 saturated carbocycles. The molecule has 2 unspecified atom stereocenters. The fourth-order valence-electron chi connectivity index (χ4n) is 2.93. The first-order chi connectivity index (χ1) is 8.60. The lowest BCUT2D eigenvalue weighted by molar-refractivity contribution is 0.541. The Morgan fingerprint density at radius 2 is 1.89 bits per heavy atom. The third kappa shape index (κ3) is 2.61. The summed E-state index contributed by atoms with van der Waals surface area (Å²) in [6.45, 7) is 11.4. The molecule has 2 atom stereocenters.